The van der Waals surface area contributed by atoms with E-state index in [1.807, 2.05) is 6.92 Å². The highest BCUT2D eigenvalue weighted by Gasteiger charge is 2.03. The van der Waals surface area contributed by atoms with E-state index in [2.05, 4.69) is 22.3 Å². The second kappa shape index (κ2) is 3.94. The Morgan fingerprint density at radius 2 is 2.25 bits per heavy atom. The molecule has 68 valence electrons. The first kappa shape index (κ1) is 8.83. The number of nitrogen functional groups attached to an aromatic ring is 1. The first-order valence-electron chi connectivity index (χ1n) is 4.22. The van der Waals surface area contributed by atoms with Crippen molar-refractivity contribution in [2.75, 3.05) is 17.6 Å². The molecule has 0 unspecified atom stereocenters. The van der Waals surface area contributed by atoms with Crippen molar-refractivity contribution in [3.63, 3.8) is 0 Å². The molecule has 0 aliphatic carbocycles. The first-order chi connectivity index (χ1) is 5.77. The number of aryl methyl sites for hydroxylation is 1. The molecule has 1 aromatic heterocycles. The zero-order valence-corrected chi connectivity index (χ0v) is 7.54. The van der Waals surface area contributed by atoms with Crippen LogP contribution in [0.15, 0.2) is 0 Å². The Labute approximate surface area is 72.0 Å². The van der Waals surface area contributed by atoms with Crippen LogP contribution in [0.3, 0.4) is 0 Å². The number of nitrogens with zero attached hydrogens (tertiary/aromatic N) is 3. The van der Waals surface area contributed by atoms with E-state index in [4.69, 9.17) is 5.73 Å². The number of anilines is 2. The molecular weight excluding hydrogens is 154 g/mol. The van der Waals surface area contributed by atoms with E-state index in [9.17, 15) is 0 Å². The minimum Gasteiger partial charge on any atom is -0.368 e. The lowest BCUT2D eigenvalue weighted by Crippen LogP contribution is -2.04. The van der Waals surface area contributed by atoms with Gasteiger partial charge in [-0.2, -0.15) is 4.98 Å². The molecule has 1 rings (SSSR count). The van der Waals surface area contributed by atoms with Crippen LogP contribution in [-0.2, 0) is 6.54 Å². The highest BCUT2D eigenvalue weighted by Crippen LogP contribution is 2.04. The van der Waals surface area contributed by atoms with Gasteiger partial charge >= 0.3 is 0 Å². The Morgan fingerprint density at radius 1 is 1.50 bits per heavy atom. The molecule has 0 atom stereocenters. The largest absolute Gasteiger partial charge is 0.368 e. The van der Waals surface area contributed by atoms with Crippen LogP contribution in [-0.4, -0.2) is 21.3 Å². The Hall–Kier alpha value is -1.26. The van der Waals surface area contributed by atoms with Crippen molar-refractivity contribution in [3.05, 3.63) is 0 Å². The highest BCUT2D eigenvalue weighted by atomic mass is 15.4. The van der Waals surface area contributed by atoms with Gasteiger partial charge < -0.3 is 11.1 Å². The molecule has 0 spiro atoms. The number of nitrogens with two attached hydrogens (primary N) is 1. The van der Waals surface area contributed by atoms with Crippen molar-refractivity contribution in [2.45, 2.75) is 26.8 Å². The zero-order valence-electron chi connectivity index (χ0n) is 7.54. The van der Waals surface area contributed by atoms with Crippen molar-refractivity contribution in [3.8, 4) is 0 Å². The van der Waals surface area contributed by atoms with Crippen molar-refractivity contribution < 1.29 is 0 Å². The SMILES string of the molecule is CCCn1nc(NCC)nc1N. The summed E-state index contributed by atoms with van der Waals surface area (Å²) in [7, 11) is 0. The van der Waals surface area contributed by atoms with Crippen LogP contribution in [0.4, 0.5) is 11.9 Å². The second-order valence-corrected chi connectivity index (χ2v) is 2.55. The van der Waals surface area contributed by atoms with Gasteiger partial charge in [-0.15, -0.1) is 5.10 Å². The van der Waals surface area contributed by atoms with Gasteiger partial charge in [0.15, 0.2) is 0 Å². The quantitative estimate of drug-likeness (QED) is 0.696. The minimum atomic E-state index is 0.479. The molecular formula is C7H15N5. The van der Waals surface area contributed by atoms with E-state index in [0.717, 1.165) is 19.5 Å². The fourth-order valence-electron chi connectivity index (χ4n) is 0.963. The Morgan fingerprint density at radius 3 is 2.83 bits per heavy atom. The van der Waals surface area contributed by atoms with Gasteiger partial charge in [0.25, 0.3) is 0 Å². The number of hydrogen-bond donors (Lipinski definition) is 2. The molecule has 0 saturated carbocycles. The van der Waals surface area contributed by atoms with E-state index >= 15 is 0 Å². The number of aromatic nitrogens is 3. The molecule has 5 heteroatoms. The third-order valence-corrected chi connectivity index (χ3v) is 1.47. The Bertz CT molecular complexity index is 242. The molecule has 0 aromatic carbocycles. The number of rotatable bonds is 4. The lowest BCUT2D eigenvalue weighted by Gasteiger charge is -1.97. The standard InChI is InChI=1S/C7H15N5/c1-3-5-12-6(8)10-7(11-12)9-4-2/h3-5H2,1-2H3,(H3,8,9,10,11). The minimum absolute atomic E-state index is 0.479. The average molecular weight is 169 g/mol. The van der Waals surface area contributed by atoms with Crippen molar-refractivity contribution in [1.82, 2.24) is 14.8 Å². The molecule has 0 amide bonds. The normalized spacial score (nSPS) is 10.2. The first-order valence-corrected chi connectivity index (χ1v) is 4.22. The maximum Gasteiger partial charge on any atom is 0.243 e. The van der Waals surface area contributed by atoms with Crippen LogP contribution in [0.5, 0.6) is 0 Å². The molecule has 1 aromatic rings. The van der Waals surface area contributed by atoms with E-state index in [0.29, 0.717) is 11.9 Å². The van der Waals surface area contributed by atoms with E-state index in [1.54, 1.807) is 4.68 Å². The van der Waals surface area contributed by atoms with Crippen molar-refractivity contribution >= 4 is 11.9 Å². The van der Waals surface area contributed by atoms with Gasteiger partial charge in [0.05, 0.1) is 0 Å². The van der Waals surface area contributed by atoms with E-state index in [1.165, 1.54) is 0 Å². The maximum absolute atomic E-state index is 5.61. The summed E-state index contributed by atoms with van der Waals surface area (Å²) in [6, 6.07) is 0. The summed E-state index contributed by atoms with van der Waals surface area (Å²) in [6.07, 6.45) is 1.01. The van der Waals surface area contributed by atoms with Crippen LogP contribution in [0.2, 0.25) is 0 Å². The molecule has 0 saturated heterocycles. The maximum atomic E-state index is 5.61. The fraction of sp³-hybridized carbons (Fsp3) is 0.714. The average Bonchev–Trinajstić information content (AvgIpc) is 2.34. The van der Waals surface area contributed by atoms with Gasteiger partial charge in [-0.25, -0.2) is 4.68 Å². The molecule has 3 N–H and O–H groups in total. The molecule has 5 nitrogen and oxygen atoms in total. The lowest BCUT2D eigenvalue weighted by molar-refractivity contribution is 0.611. The molecule has 0 aliphatic heterocycles. The summed E-state index contributed by atoms with van der Waals surface area (Å²) in [5, 5.41) is 7.16. The van der Waals surface area contributed by atoms with Crippen molar-refractivity contribution in [2.24, 2.45) is 0 Å². The molecule has 0 aliphatic rings. The van der Waals surface area contributed by atoms with Crippen LogP contribution in [0, 0.1) is 0 Å². The second-order valence-electron chi connectivity index (χ2n) is 2.55. The van der Waals surface area contributed by atoms with Gasteiger partial charge in [-0.1, -0.05) is 6.92 Å². The van der Waals surface area contributed by atoms with Crippen LogP contribution >= 0.6 is 0 Å². The third-order valence-electron chi connectivity index (χ3n) is 1.47. The van der Waals surface area contributed by atoms with Crippen LogP contribution in [0.1, 0.15) is 20.3 Å². The smallest absolute Gasteiger partial charge is 0.243 e. The summed E-state index contributed by atoms with van der Waals surface area (Å²) in [5.74, 6) is 1.09. The summed E-state index contributed by atoms with van der Waals surface area (Å²) in [5.41, 5.74) is 5.61. The summed E-state index contributed by atoms with van der Waals surface area (Å²) in [4.78, 5) is 4.04. The lowest BCUT2D eigenvalue weighted by atomic mass is 10.5. The van der Waals surface area contributed by atoms with Gasteiger partial charge in [0.2, 0.25) is 11.9 Å². The Balaban J connectivity index is 2.70. The van der Waals surface area contributed by atoms with Gasteiger partial charge in [-0.05, 0) is 13.3 Å². The van der Waals surface area contributed by atoms with E-state index < -0.39 is 0 Å². The van der Waals surface area contributed by atoms with Crippen LogP contribution < -0.4 is 11.1 Å². The number of nitrogens with one attached hydrogen (secondary N) is 1. The third kappa shape index (κ3) is 1.87. The van der Waals surface area contributed by atoms with E-state index in [-0.39, 0.29) is 0 Å². The van der Waals surface area contributed by atoms with Gasteiger partial charge in [0.1, 0.15) is 0 Å². The molecule has 0 bridgehead atoms. The fourth-order valence-corrected chi connectivity index (χ4v) is 0.963. The summed E-state index contributed by atoms with van der Waals surface area (Å²) >= 11 is 0. The molecule has 0 radical (unpaired) electrons. The molecule has 0 fully saturated rings. The zero-order chi connectivity index (χ0) is 8.97. The predicted octanol–water partition coefficient (Wildman–Crippen LogP) is 0.702. The van der Waals surface area contributed by atoms with Gasteiger partial charge in [-0.3, -0.25) is 0 Å². The van der Waals surface area contributed by atoms with Gasteiger partial charge in [0, 0.05) is 13.1 Å². The predicted molar refractivity (Wildman–Crippen MR) is 48.9 cm³/mol. The topological polar surface area (TPSA) is 68.8 Å². The summed E-state index contributed by atoms with van der Waals surface area (Å²) < 4.78 is 1.71. The molecule has 12 heavy (non-hydrogen) atoms. The van der Waals surface area contributed by atoms with Crippen LogP contribution in [0.25, 0.3) is 0 Å². The monoisotopic (exact) mass is 169 g/mol. The van der Waals surface area contributed by atoms with Crippen molar-refractivity contribution in [1.29, 1.82) is 0 Å². The highest BCUT2D eigenvalue weighted by molar-refractivity contribution is 5.30. The molecule has 1 heterocycles. The number of hydrogen-bond acceptors (Lipinski definition) is 4. The summed E-state index contributed by atoms with van der Waals surface area (Å²) in [6.45, 7) is 5.71. The Kier molecular flexibility index (Phi) is 2.90.